The second kappa shape index (κ2) is 3.64. The number of benzene rings is 1. The summed E-state index contributed by atoms with van der Waals surface area (Å²) in [5.74, 6) is 0. The molecule has 0 amide bonds. The molecule has 0 saturated carbocycles. The van der Waals surface area contributed by atoms with E-state index in [1.165, 1.54) is 16.7 Å². The van der Waals surface area contributed by atoms with Crippen molar-refractivity contribution < 1.29 is 0 Å². The number of hydrogen-bond acceptors (Lipinski definition) is 1. The van der Waals surface area contributed by atoms with Crippen LogP contribution in [-0.4, -0.2) is 0 Å². The summed E-state index contributed by atoms with van der Waals surface area (Å²) in [4.78, 5) is 0. The summed E-state index contributed by atoms with van der Waals surface area (Å²) >= 11 is 5.31. The van der Waals surface area contributed by atoms with Gasteiger partial charge in [0.2, 0.25) is 0 Å². The molecule has 66 valence electrons. The van der Waals surface area contributed by atoms with E-state index in [1.54, 1.807) is 11.3 Å². The van der Waals surface area contributed by atoms with Crippen molar-refractivity contribution in [2.75, 3.05) is 0 Å². The third-order valence-corrected chi connectivity index (χ3v) is 3.57. The van der Waals surface area contributed by atoms with Crippen LogP contribution in [0.4, 0.5) is 0 Å². The fourth-order valence-corrected chi connectivity index (χ4v) is 2.66. The van der Waals surface area contributed by atoms with Crippen molar-refractivity contribution >= 4 is 27.3 Å². The number of rotatable bonds is 1. The van der Waals surface area contributed by atoms with Crippen LogP contribution in [0.3, 0.4) is 0 Å². The van der Waals surface area contributed by atoms with E-state index in [0.29, 0.717) is 0 Å². The van der Waals surface area contributed by atoms with Gasteiger partial charge >= 0.3 is 0 Å². The van der Waals surface area contributed by atoms with Crippen molar-refractivity contribution in [2.45, 2.75) is 6.92 Å². The van der Waals surface area contributed by atoms with Crippen molar-refractivity contribution in [3.8, 4) is 11.1 Å². The Hall–Kier alpha value is -0.600. The lowest BCUT2D eigenvalue weighted by Crippen LogP contribution is -1.78. The van der Waals surface area contributed by atoms with Crippen LogP contribution in [0.1, 0.15) is 5.56 Å². The van der Waals surface area contributed by atoms with Gasteiger partial charge in [-0.1, -0.05) is 34.1 Å². The maximum atomic E-state index is 3.56. The summed E-state index contributed by atoms with van der Waals surface area (Å²) in [6.07, 6.45) is 0. The van der Waals surface area contributed by atoms with E-state index < -0.39 is 0 Å². The first-order chi connectivity index (χ1) is 6.29. The molecule has 0 radical (unpaired) electrons. The molecule has 1 aromatic heterocycles. The average Bonchev–Trinajstić information content (AvgIpc) is 2.52. The molecule has 0 N–H and O–H groups in total. The Labute approximate surface area is 90.4 Å². The first-order valence-electron chi connectivity index (χ1n) is 4.07. The monoisotopic (exact) mass is 252 g/mol. The van der Waals surface area contributed by atoms with Crippen LogP contribution in [0.2, 0.25) is 0 Å². The molecule has 2 rings (SSSR count). The summed E-state index contributed by atoms with van der Waals surface area (Å²) in [6.45, 7) is 2.14. The van der Waals surface area contributed by atoms with Crippen LogP contribution in [-0.2, 0) is 0 Å². The van der Waals surface area contributed by atoms with Gasteiger partial charge in [0.15, 0.2) is 0 Å². The number of aryl methyl sites for hydroxylation is 1. The third-order valence-electron chi connectivity index (χ3n) is 2.02. The molecule has 0 saturated heterocycles. The molecule has 0 nitrogen and oxygen atoms in total. The van der Waals surface area contributed by atoms with Gasteiger partial charge in [0, 0.05) is 4.47 Å². The minimum atomic E-state index is 1.16. The van der Waals surface area contributed by atoms with Crippen LogP contribution in [0, 0.1) is 6.92 Å². The van der Waals surface area contributed by atoms with E-state index in [0.717, 1.165) is 4.47 Å². The Kier molecular flexibility index (Phi) is 2.51. The molecule has 2 aromatic rings. The largest absolute Gasteiger partial charge is 0.151 e. The first kappa shape index (κ1) is 8.97. The van der Waals surface area contributed by atoms with Gasteiger partial charge in [0.25, 0.3) is 0 Å². The van der Waals surface area contributed by atoms with Gasteiger partial charge in [-0.15, -0.1) is 0 Å². The fourth-order valence-electron chi connectivity index (χ4n) is 1.32. The molecule has 0 spiro atoms. The van der Waals surface area contributed by atoms with Crippen molar-refractivity contribution in [3.63, 3.8) is 0 Å². The second-order valence-electron chi connectivity index (χ2n) is 2.95. The molecule has 0 unspecified atom stereocenters. The van der Waals surface area contributed by atoms with Crippen LogP contribution in [0.25, 0.3) is 11.1 Å². The van der Waals surface area contributed by atoms with Gasteiger partial charge < -0.3 is 0 Å². The van der Waals surface area contributed by atoms with E-state index in [1.807, 2.05) is 6.07 Å². The normalized spacial score (nSPS) is 10.3. The highest BCUT2D eigenvalue weighted by Crippen LogP contribution is 2.32. The predicted molar refractivity (Wildman–Crippen MR) is 62.2 cm³/mol. The van der Waals surface area contributed by atoms with E-state index in [2.05, 4.69) is 51.8 Å². The highest BCUT2D eigenvalue weighted by atomic mass is 79.9. The Morgan fingerprint density at radius 1 is 1.08 bits per heavy atom. The van der Waals surface area contributed by atoms with E-state index in [-0.39, 0.29) is 0 Å². The Morgan fingerprint density at radius 2 is 1.85 bits per heavy atom. The topological polar surface area (TPSA) is 0 Å². The lowest BCUT2D eigenvalue weighted by molar-refractivity contribution is 1.51. The Morgan fingerprint density at radius 3 is 2.46 bits per heavy atom. The lowest BCUT2D eigenvalue weighted by Gasteiger charge is -2.02. The van der Waals surface area contributed by atoms with Crippen molar-refractivity contribution in [2.24, 2.45) is 0 Å². The molecule has 1 heterocycles. The summed E-state index contributed by atoms with van der Waals surface area (Å²) < 4.78 is 1.16. The molecule has 0 bridgehead atoms. The Balaban J connectivity index is 2.59. The minimum absolute atomic E-state index is 1.16. The molecular formula is C11H9BrS. The summed E-state index contributed by atoms with van der Waals surface area (Å²) in [7, 11) is 0. The molecule has 0 aliphatic rings. The highest BCUT2D eigenvalue weighted by molar-refractivity contribution is 9.10. The quantitative estimate of drug-likeness (QED) is 0.702. The summed E-state index contributed by atoms with van der Waals surface area (Å²) in [5.41, 5.74) is 3.95. The third kappa shape index (κ3) is 1.69. The number of hydrogen-bond donors (Lipinski definition) is 0. The molecule has 1 aromatic carbocycles. The molecule has 0 aliphatic heterocycles. The van der Waals surface area contributed by atoms with E-state index in [4.69, 9.17) is 0 Å². The average molecular weight is 253 g/mol. The maximum absolute atomic E-state index is 3.56. The smallest absolute Gasteiger partial charge is 0.0254 e. The van der Waals surface area contributed by atoms with Gasteiger partial charge in [-0.25, -0.2) is 0 Å². The fraction of sp³-hybridized carbons (Fsp3) is 0.0909. The van der Waals surface area contributed by atoms with Gasteiger partial charge in [-0.3, -0.25) is 0 Å². The van der Waals surface area contributed by atoms with Crippen LogP contribution >= 0.6 is 27.3 Å². The molecule has 0 atom stereocenters. The standard InChI is InChI=1S/C11H9BrS/c1-8-6-13-7-10(8)9-4-2-3-5-11(9)12/h2-7H,1H3. The minimum Gasteiger partial charge on any atom is -0.151 e. The maximum Gasteiger partial charge on any atom is 0.0254 e. The zero-order valence-electron chi connectivity index (χ0n) is 7.25. The van der Waals surface area contributed by atoms with E-state index >= 15 is 0 Å². The summed E-state index contributed by atoms with van der Waals surface area (Å²) in [6, 6.07) is 8.32. The van der Waals surface area contributed by atoms with Crippen molar-refractivity contribution in [1.29, 1.82) is 0 Å². The zero-order valence-corrected chi connectivity index (χ0v) is 9.65. The highest BCUT2D eigenvalue weighted by Gasteiger charge is 2.04. The van der Waals surface area contributed by atoms with Crippen LogP contribution in [0.5, 0.6) is 0 Å². The van der Waals surface area contributed by atoms with Gasteiger partial charge in [0.1, 0.15) is 0 Å². The molecule has 0 aliphatic carbocycles. The SMILES string of the molecule is Cc1cscc1-c1ccccc1Br. The van der Waals surface area contributed by atoms with Crippen LogP contribution < -0.4 is 0 Å². The first-order valence-corrected chi connectivity index (χ1v) is 5.80. The lowest BCUT2D eigenvalue weighted by atomic mass is 10.1. The Bertz CT molecular complexity index is 418. The van der Waals surface area contributed by atoms with Gasteiger partial charge in [0.05, 0.1) is 0 Å². The molecular weight excluding hydrogens is 244 g/mol. The second-order valence-corrected chi connectivity index (χ2v) is 4.55. The molecule has 0 fully saturated rings. The molecule has 13 heavy (non-hydrogen) atoms. The van der Waals surface area contributed by atoms with Crippen molar-refractivity contribution in [3.05, 3.63) is 45.1 Å². The number of thiophene rings is 1. The predicted octanol–water partition coefficient (Wildman–Crippen LogP) is 4.49. The summed E-state index contributed by atoms with van der Waals surface area (Å²) in [5, 5.41) is 4.37. The van der Waals surface area contributed by atoms with Crippen LogP contribution in [0.15, 0.2) is 39.5 Å². The van der Waals surface area contributed by atoms with Crippen molar-refractivity contribution in [1.82, 2.24) is 0 Å². The van der Waals surface area contributed by atoms with E-state index in [9.17, 15) is 0 Å². The number of halogens is 1. The molecule has 2 heteroatoms. The zero-order chi connectivity index (χ0) is 9.26. The van der Waals surface area contributed by atoms with Gasteiger partial charge in [-0.05, 0) is 40.4 Å². The van der Waals surface area contributed by atoms with Gasteiger partial charge in [-0.2, -0.15) is 11.3 Å².